The predicted molar refractivity (Wildman–Crippen MR) is 74.1 cm³/mol. The van der Waals surface area contributed by atoms with Crippen LogP contribution in [0.15, 0.2) is 24.3 Å². The van der Waals surface area contributed by atoms with Crippen LogP contribution in [0.25, 0.3) is 0 Å². The van der Waals surface area contributed by atoms with Gasteiger partial charge in [-0.1, -0.05) is 65.5 Å². The summed E-state index contributed by atoms with van der Waals surface area (Å²) in [5, 5.41) is 0. The molecule has 0 amide bonds. The Bertz CT molecular complexity index is 328. The summed E-state index contributed by atoms with van der Waals surface area (Å²) in [7, 11) is 0. The Labute approximate surface area is 108 Å². The van der Waals surface area contributed by atoms with E-state index in [0.29, 0.717) is 4.83 Å². The molecule has 1 aliphatic rings. The lowest BCUT2D eigenvalue weighted by atomic mass is 9.91. The minimum atomic E-state index is 0.660. The van der Waals surface area contributed by atoms with E-state index in [1.807, 2.05) is 0 Å². The molecule has 1 aliphatic carbocycles. The highest BCUT2D eigenvalue weighted by atomic mass is 79.9. The van der Waals surface area contributed by atoms with Crippen LogP contribution in [0.2, 0.25) is 0 Å². The number of alkyl halides is 1. The van der Waals surface area contributed by atoms with Crippen molar-refractivity contribution in [3.05, 3.63) is 35.4 Å². The summed E-state index contributed by atoms with van der Waals surface area (Å²) in [6.45, 7) is 4.55. The molecule has 0 spiro atoms. The van der Waals surface area contributed by atoms with Gasteiger partial charge in [-0.05, 0) is 37.2 Å². The van der Waals surface area contributed by atoms with Crippen molar-refractivity contribution in [2.24, 2.45) is 11.8 Å². The average Bonchev–Trinajstić information content (AvgIpc) is 2.68. The van der Waals surface area contributed by atoms with Crippen LogP contribution in [0, 0.1) is 18.8 Å². The van der Waals surface area contributed by atoms with Crippen LogP contribution in [0.5, 0.6) is 0 Å². The van der Waals surface area contributed by atoms with Gasteiger partial charge >= 0.3 is 0 Å². The second kappa shape index (κ2) is 5.35. The highest BCUT2D eigenvalue weighted by molar-refractivity contribution is 9.09. The highest BCUT2D eigenvalue weighted by Crippen LogP contribution is 2.37. The zero-order chi connectivity index (χ0) is 11.5. The molecule has 88 valence electrons. The Morgan fingerprint density at radius 2 is 1.94 bits per heavy atom. The topological polar surface area (TPSA) is 0 Å². The van der Waals surface area contributed by atoms with Gasteiger partial charge in [0.05, 0.1) is 0 Å². The fraction of sp³-hybridized carbons (Fsp3) is 0.600. The van der Waals surface area contributed by atoms with Crippen molar-refractivity contribution in [3.63, 3.8) is 0 Å². The van der Waals surface area contributed by atoms with Crippen LogP contribution >= 0.6 is 15.9 Å². The van der Waals surface area contributed by atoms with E-state index >= 15 is 0 Å². The Hall–Kier alpha value is -0.300. The van der Waals surface area contributed by atoms with Gasteiger partial charge in [-0.3, -0.25) is 0 Å². The van der Waals surface area contributed by atoms with Gasteiger partial charge < -0.3 is 0 Å². The second-order valence-corrected chi connectivity index (χ2v) is 6.45. The van der Waals surface area contributed by atoms with E-state index in [2.05, 4.69) is 54.0 Å². The number of hydrogen-bond donors (Lipinski definition) is 0. The maximum absolute atomic E-state index is 3.90. The lowest BCUT2D eigenvalue weighted by molar-refractivity contribution is 0.407. The van der Waals surface area contributed by atoms with E-state index in [9.17, 15) is 0 Å². The Kier molecular flexibility index (Phi) is 4.07. The molecule has 2 rings (SSSR count). The minimum absolute atomic E-state index is 0.660. The van der Waals surface area contributed by atoms with Gasteiger partial charge in [-0.2, -0.15) is 0 Å². The molecule has 3 atom stereocenters. The third-order valence-electron chi connectivity index (χ3n) is 3.94. The summed E-state index contributed by atoms with van der Waals surface area (Å²) in [5.41, 5.74) is 2.82. The molecule has 0 bridgehead atoms. The number of rotatable bonds is 3. The first-order valence-electron chi connectivity index (χ1n) is 6.36. The molecule has 1 aromatic rings. The number of aryl methyl sites for hydroxylation is 1. The van der Waals surface area contributed by atoms with Crippen LogP contribution in [-0.2, 0) is 6.42 Å². The Morgan fingerprint density at radius 1 is 1.25 bits per heavy atom. The van der Waals surface area contributed by atoms with Crippen LogP contribution in [0.3, 0.4) is 0 Å². The van der Waals surface area contributed by atoms with Crippen molar-refractivity contribution in [1.82, 2.24) is 0 Å². The molecular formula is C15H21Br. The molecule has 1 aromatic carbocycles. The molecule has 0 radical (unpaired) electrons. The van der Waals surface area contributed by atoms with Gasteiger partial charge in [0, 0.05) is 4.83 Å². The first-order valence-corrected chi connectivity index (χ1v) is 7.28. The van der Waals surface area contributed by atoms with Gasteiger partial charge in [0.15, 0.2) is 0 Å². The zero-order valence-electron chi connectivity index (χ0n) is 10.2. The van der Waals surface area contributed by atoms with E-state index < -0.39 is 0 Å². The van der Waals surface area contributed by atoms with Crippen LogP contribution < -0.4 is 0 Å². The van der Waals surface area contributed by atoms with Crippen molar-refractivity contribution in [2.75, 3.05) is 0 Å². The van der Waals surface area contributed by atoms with E-state index in [-0.39, 0.29) is 0 Å². The summed E-state index contributed by atoms with van der Waals surface area (Å²) >= 11 is 3.90. The molecule has 1 heteroatoms. The zero-order valence-corrected chi connectivity index (χ0v) is 11.8. The fourth-order valence-corrected chi connectivity index (χ4v) is 3.97. The summed E-state index contributed by atoms with van der Waals surface area (Å²) in [6.07, 6.45) is 5.42. The van der Waals surface area contributed by atoms with E-state index in [0.717, 1.165) is 11.8 Å². The molecule has 16 heavy (non-hydrogen) atoms. The number of hydrogen-bond acceptors (Lipinski definition) is 0. The molecule has 1 saturated carbocycles. The van der Waals surface area contributed by atoms with Crippen LogP contribution in [0.1, 0.15) is 37.3 Å². The summed E-state index contributed by atoms with van der Waals surface area (Å²) in [6, 6.07) is 8.96. The Morgan fingerprint density at radius 3 is 2.50 bits per heavy atom. The predicted octanol–water partition coefficient (Wildman–Crippen LogP) is 4.74. The monoisotopic (exact) mass is 280 g/mol. The molecule has 0 heterocycles. The molecule has 0 N–H and O–H groups in total. The maximum atomic E-state index is 3.90. The highest BCUT2D eigenvalue weighted by Gasteiger charge is 2.29. The maximum Gasteiger partial charge on any atom is 0.0216 e. The first-order chi connectivity index (χ1) is 7.66. The molecule has 0 nitrogen and oxygen atoms in total. The third kappa shape index (κ3) is 2.88. The molecule has 1 fully saturated rings. The van der Waals surface area contributed by atoms with Crippen LogP contribution in [0.4, 0.5) is 0 Å². The van der Waals surface area contributed by atoms with Crippen LogP contribution in [-0.4, -0.2) is 4.83 Å². The first kappa shape index (κ1) is 12.2. The lowest BCUT2D eigenvalue weighted by Crippen LogP contribution is -2.19. The quantitative estimate of drug-likeness (QED) is 0.702. The number of halogens is 1. The third-order valence-corrected chi connectivity index (χ3v) is 4.95. The van der Waals surface area contributed by atoms with Crippen molar-refractivity contribution in [3.8, 4) is 0 Å². The average molecular weight is 281 g/mol. The van der Waals surface area contributed by atoms with Gasteiger partial charge in [0.25, 0.3) is 0 Å². The lowest BCUT2D eigenvalue weighted by Gasteiger charge is -2.21. The summed E-state index contributed by atoms with van der Waals surface area (Å²) < 4.78 is 0. The van der Waals surface area contributed by atoms with Gasteiger partial charge in [-0.25, -0.2) is 0 Å². The largest absolute Gasteiger partial charge is 0.0884 e. The minimum Gasteiger partial charge on any atom is -0.0884 e. The van der Waals surface area contributed by atoms with E-state index in [1.165, 1.54) is 36.8 Å². The van der Waals surface area contributed by atoms with Crippen molar-refractivity contribution in [2.45, 2.75) is 44.4 Å². The molecule has 0 saturated heterocycles. The molecule has 3 unspecified atom stereocenters. The van der Waals surface area contributed by atoms with Gasteiger partial charge in [0.2, 0.25) is 0 Å². The van der Waals surface area contributed by atoms with E-state index in [4.69, 9.17) is 0 Å². The molecular weight excluding hydrogens is 260 g/mol. The van der Waals surface area contributed by atoms with Crippen molar-refractivity contribution >= 4 is 15.9 Å². The Balaban J connectivity index is 1.96. The molecule has 0 aliphatic heterocycles. The smallest absolute Gasteiger partial charge is 0.0216 e. The fourth-order valence-electron chi connectivity index (χ4n) is 2.81. The normalized spacial score (nSPS) is 26.9. The standard InChI is InChI=1S/C15H21Br/c1-11-6-8-13(9-7-11)10-15(16)14-5-3-4-12(14)2/h6-9,12,14-15H,3-5,10H2,1-2H3. The second-order valence-electron chi connectivity index (χ2n) is 5.28. The van der Waals surface area contributed by atoms with Crippen molar-refractivity contribution < 1.29 is 0 Å². The summed E-state index contributed by atoms with van der Waals surface area (Å²) in [4.78, 5) is 0.660. The SMILES string of the molecule is Cc1ccc(CC(Br)C2CCCC2C)cc1. The van der Waals surface area contributed by atoms with E-state index in [1.54, 1.807) is 0 Å². The number of benzene rings is 1. The van der Waals surface area contributed by atoms with Gasteiger partial charge in [-0.15, -0.1) is 0 Å². The summed E-state index contributed by atoms with van der Waals surface area (Å²) in [5.74, 6) is 1.77. The molecule has 0 aromatic heterocycles. The van der Waals surface area contributed by atoms with Crippen molar-refractivity contribution in [1.29, 1.82) is 0 Å². The van der Waals surface area contributed by atoms with Gasteiger partial charge in [0.1, 0.15) is 0 Å².